The molecule has 14 heavy (non-hydrogen) atoms. The van der Waals surface area contributed by atoms with Crippen LogP contribution in [0.2, 0.25) is 0 Å². The number of hydrogen-bond donors (Lipinski definition) is 3. The Bertz CT molecular complexity index is 262. The molecule has 0 heterocycles. The quantitative estimate of drug-likeness (QED) is 0.569. The zero-order valence-corrected chi connectivity index (χ0v) is 8.28. The molecule has 1 amide bonds. The minimum atomic E-state index is -0.931. The fraction of sp³-hybridized carbons (Fsp3) is 0.778. The second kappa shape index (κ2) is 3.57. The topological polar surface area (TPSA) is 86.6 Å². The SMILES string of the molecule is CC1(C)[C@H](C(=O)O)[C@@H]1C(=O)NCCO. The third-order valence-corrected chi connectivity index (χ3v) is 2.79. The summed E-state index contributed by atoms with van der Waals surface area (Å²) in [5.41, 5.74) is -0.467. The second-order valence-electron chi connectivity index (χ2n) is 4.13. The van der Waals surface area contributed by atoms with Gasteiger partial charge in [-0.05, 0) is 5.41 Å². The molecule has 0 aliphatic heterocycles. The van der Waals surface area contributed by atoms with E-state index in [4.69, 9.17) is 10.2 Å². The highest BCUT2D eigenvalue weighted by Crippen LogP contribution is 2.58. The van der Waals surface area contributed by atoms with E-state index in [1.807, 2.05) is 0 Å². The number of carbonyl (C=O) groups is 2. The van der Waals surface area contributed by atoms with Crippen molar-refractivity contribution in [3.8, 4) is 0 Å². The van der Waals surface area contributed by atoms with Gasteiger partial charge in [0.15, 0.2) is 0 Å². The van der Waals surface area contributed by atoms with Crippen LogP contribution in [0, 0.1) is 17.3 Å². The minimum Gasteiger partial charge on any atom is -0.481 e. The number of nitrogens with one attached hydrogen (secondary N) is 1. The van der Waals surface area contributed by atoms with Crippen molar-refractivity contribution in [2.75, 3.05) is 13.2 Å². The van der Waals surface area contributed by atoms with E-state index >= 15 is 0 Å². The molecule has 2 atom stereocenters. The van der Waals surface area contributed by atoms with E-state index in [2.05, 4.69) is 5.32 Å². The molecule has 0 unspecified atom stereocenters. The average molecular weight is 201 g/mol. The maximum absolute atomic E-state index is 11.4. The van der Waals surface area contributed by atoms with Gasteiger partial charge in [-0.2, -0.15) is 0 Å². The molecule has 80 valence electrons. The van der Waals surface area contributed by atoms with Crippen molar-refractivity contribution < 1.29 is 19.8 Å². The summed E-state index contributed by atoms with van der Waals surface area (Å²) in [5.74, 6) is -2.27. The third kappa shape index (κ3) is 1.72. The highest BCUT2D eigenvalue weighted by molar-refractivity contribution is 5.91. The van der Waals surface area contributed by atoms with Crippen molar-refractivity contribution in [1.82, 2.24) is 5.32 Å². The smallest absolute Gasteiger partial charge is 0.307 e. The summed E-state index contributed by atoms with van der Waals surface area (Å²) in [6, 6.07) is 0. The number of aliphatic hydroxyl groups excluding tert-OH is 1. The van der Waals surface area contributed by atoms with Gasteiger partial charge in [0.25, 0.3) is 0 Å². The normalized spacial score (nSPS) is 28.2. The number of aliphatic carboxylic acids is 1. The lowest BCUT2D eigenvalue weighted by Gasteiger charge is -2.03. The maximum atomic E-state index is 11.4. The molecule has 0 aromatic carbocycles. The molecule has 0 aromatic rings. The molecule has 0 aromatic heterocycles. The van der Waals surface area contributed by atoms with Gasteiger partial charge in [-0.3, -0.25) is 9.59 Å². The fourth-order valence-corrected chi connectivity index (χ4v) is 1.88. The van der Waals surface area contributed by atoms with Crippen molar-refractivity contribution in [3.63, 3.8) is 0 Å². The monoisotopic (exact) mass is 201 g/mol. The Labute approximate surface area is 82.1 Å². The number of hydrogen-bond acceptors (Lipinski definition) is 3. The molecule has 0 spiro atoms. The molecule has 0 radical (unpaired) electrons. The van der Waals surface area contributed by atoms with Crippen LogP contribution in [0.4, 0.5) is 0 Å². The van der Waals surface area contributed by atoms with E-state index in [0.29, 0.717) is 0 Å². The van der Waals surface area contributed by atoms with E-state index in [9.17, 15) is 9.59 Å². The Morgan fingerprint density at radius 2 is 1.93 bits per heavy atom. The molecule has 1 fully saturated rings. The van der Waals surface area contributed by atoms with Crippen LogP contribution in [-0.2, 0) is 9.59 Å². The zero-order chi connectivity index (χ0) is 10.9. The molecular formula is C9H15NO4. The largest absolute Gasteiger partial charge is 0.481 e. The summed E-state index contributed by atoms with van der Waals surface area (Å²) >= 11 is 0. The van der Waals surface area contributed by atoms with Crippen LogP contribution in [0.5, 0.6) is 0 Å². The number of aliphatic hydroxyl groups is 1. The summed E-state index contributed by atoms with van der Waals surface area (Å²) in [7, 11) is 0. The second-order valence-corrected chi connectivity index (χ2v) is 4.13. The van der Waals surface area contributed by atoms with E-state index in [1.54, 1.807) is 13.8 Å². The van der Waals surface area contributed by atoms with Gasteiger partial charge in [0.1, 0.15) is 0 Å². The van der Waals surface area contributed by atoms with Gasteiger partial charge >= 0.3 is 5.97 Å². The highest BCUT2D eigenvalue weighted by atomic mass is 16.4. The Kier molecular flexibility index (Phi) is 2.80. The first-order valence-corrected chi connectivity index (χ1v) is 4.54. The summed E-state index contributed by atoms with van der Waals surface area (Å²) in [4.78, 5) is 22.1. The lowest BCUT2D eigenvalue weighted by molar-refractivity contribution is -0.140. The first kappa shape index (κ1) is 11.0. The van der Waals surface area contributed by atoms with Gasteiger partial charge < -0.3 is 15.5 Å². The van der Waals surface area contributed by atoms with Crippen LogP contribution in [-0.4, -0.2) is 35.2 Å². The lowest BCUT2D eigenvalue weighted by Crippen LogP contribution is -2.29. The van der Waals surface area contributed by atoms with Crippen LogP contribution in [0.1, 0.15) is 13.8 Å². The summed E-state index contributed by atoms with van der Waals surface area (Å²) < 4.78 is 0. The highest BCUT2D eigenvalue weighted by Gasteiger charge is 2.65. The predicted molar refractivity (Wildman–Crippen MR) is 48.5 cm³/mol. The van der Waals surface area contributed by atoms with Crippen LogP contribution < -0.4 is 5.32 Å². The van der Waals surface area contributed by atoms with E-state index < -0.39 is 23.2 Å². The molecule has 0 saturated heterocycles. The first-order valence-electron chi connectivity index (χ1n) is 4.54. The molecule has 1 saturated carbocycles. The molecule has 1 aliphatic carbocycles. The van der Waals surface area contributed by atoms with E-state index in [-0.39, 0.29) is 19.1 Å². The molecule has 5 heteroatoms. The van der Waals surface area contributed by atoms with Gasteiger partial charge in [0.05, 0.1) is 18.4 Å². The van der Waals surface area contributed by atoms with Crippen LogP contribution in [0.3, 0.4) is 0 Å². The van der Waals surface area contributed by atoms with Crippen LogP contribution in [0.15, 0.2) is 0 Å². The summed E-state index contributed by atoms with van der Waals surface area (Å²) in [6.07, 6.45) is 0. The van der Waals surface area contributed by atoms with E-state index in [1.165, 1.54) is 0 Å². The molecule has 3 N–H and O–H groups in total. The fourth-order valence-electron chi connectivity index (χ4n) is 1.88. The Morgan fingerprint density at radius 1 is 1.36 bits per heavy atom. The van der Waals surface area contributed by atoms with Gasteiger partial charge in [-0.15, -0.1) is 0 Å². The Balaban J connectivity index is 2.55. The Hall–Kier alpha value is -1.10. The standard InChI is InChI=1S/C9H15NO4/c1-9(2)5(6(9)8(13)14)7(12)10-3-4-11/h5-6,11H,3-4H2,1-2H3,(H,10,12)(H,13,14)/t5-,6+/m1/s1. The zero-order valence-electron chi connectivity index (χ0n) is 8.28. The number of carboxylic acid groups (broad SMARTS) is 1. The van der Waals surface area contributed by atoms with Crippen molar-refractivity contribution in [3.05, 3.63) is 0 Å². The Morgan fingerprint density at radius 3 is 2.29 bits per heavy atom. The number of carbonyl (C=O) groups excluding carboxylic acids is 1. The molecule has 1 rings (SSSR count). The van der Waals surface area contributed by atoms with Crippen molar-refractivity contribution in [1.29, 1.82) is 0 Å². The minimum absolute atomic E-state index is 0.128. The molecule has 1 aliphatic rings. The van der Waals surface area contributed by atoms with Crippen molar-refractivity contribution >= 4 is 11.9 Å². The third-order valence-electron chi connectivity index (χ3n) is 2.79. The van der Waals surface area contributed by atoms with Gasteiger partial charge in [-0.25, -0.2) is 0 Å². The predicted octanol–water partition coefficient (Wildman–Crippen LogP) is -0.548. The van der Waals surface area contributed by atoms with Crippen LogP contribution >= 0.6 is 0 Å². The van der Waals surface area contributed by atoms with Gasteiger partial charge in [0.2, 0.25) is 5.91 Å². The molecule has 0 bridgehead atoms. The van der Waals surface area contributed by atoms with Crippen molar-refractivity contribution in [2.45, 2.75) is 13.8 Å². The van der Waals surface area contributed by atoms with Crippen molar-refractivity contribution in [2.24, 2.45) is 17.3 Å². The number of amides is 1. The maximum Gasteiger partial charge on any atom is 0.307 e. The summed E-state index contributed by atoms with van der Waals surface area (Å²) in [6.45, 7) is 3.57. The average Bonchev–Trinajstić information content (AvgIpc) is 2.65. The first-order chi connectivity index (χ1) is 6.42. The van der Waals surface area contributed by atoms with Gasteiger partial charge in [-0.1, -0.05) is 13.8 Å². The van der Waals surface area contributed by atoms with Crippen LogP contribution in [0.25, 0.3) is 0 Å². The molecular weight excluding hydrogens is 186 g/mol. The van der Waals surface area contributed by atoms with E-state index in [0.717, 1.165) is 0 Å². The van der Waals surface area contributed by atoms with Gasteiger partial charge in [0, 0.05) is 6.54 Å². The lowest BCUT2D eigenvalue weighted by atomic mass is 10.1. The molecule has 5 nitrogen and oxygen atoms in total. The number of carboxylic acids is 1. The summed E-state index contributed by atoms with van der Waals surface area (Å²) in [5, 5.41) is 19.8. The number of rotatable bonds is 4.